The summed E-state index contributed by atoms with van der Waals surface area (Å²) in [6, 6.07) is 8.33. The Kier molecular flexibility index (Phi) is 6.34. The van der Waals surface area contributed by atoms with Gasteiger partial charge in [-0.05, 0) is 37.1 Å². The molecule has 0 bridgehead atoms. The van der Waals surface area contributed by atoms with Crippen LogP contribution in [0.5, 0.6) is 0 Å². The number of aromatic nitrogens is 4. The average molecular weight is 412 g/mol. The molecule has 0 saturated heterocycles. The topological polar surface area (TPSA) is 99.4 Å². The molecule has 0 saturated carbocycles. The number of rotatable bonds is 7. The van der Waals surface area contributed by atoms with Gasteiger partial charge in [0.25, 0.3) is 0 Å². The molecule has 0 aliphatic rings. The summed E-state index contributed by atoms with van der Waals surface area (Å²) in [5, 5.41) is 19.8. The number of aromatic amines is 1. The molecular weight excluding hydrogens is 391 g/mol. The maximum absolute atomic E-state index is 13.2. The van der Waals surface area contributed by atoms with Gasteiger partial charge in [-0.25, -0.2) is 9.37 Å². The van der Waals surface area contributed by atoms with E-state index in [1.165, 1.54) is 23.9 Å². The van der Waals surface area contributed by atoms with Gasteiger partial charge in [-0.1, -0.05) is 30.8 Å². The molecule has 2 aromatic heterocycles. The monoisotopic (exact) mass is 412 g/mol. The van der Waals surface area contributed by atoms with Crippen molar-refractivity contribution < 1.29 is 9.18 Å². The van der Waals surface area contributed by atoms with Crippen molar-refractivity contribution in [2.75, 3.05) is 11.1 Å². The molecule has 3 aromatic rings. The van der Waals surface area contributed by atoms with Gasteiger partial charge >= 0.3 is 0 Å². The van der Waals surface area contributed by atoms with E-state index in [-0.39, 0.29) is 17.5 Å². The molecular formula is C20H21FN6OS. The molecule has 0 aliphatic heterocycles. The lowest BCUT2D eigenvalue weighted by molar-refractivity contribution is -0.113. The molecule has 7 nitrogen and oxygen atoms in total. The predicted molar refractivity (Wildman–Crippen MR) is 109 cm³/mol. The van der Waals surface area contributed by atoms with Gasteiger partial charge in [0.1, 0.15) is 23.5 Å². The highest BCUT2D eigenvalue weighted by atomic mass is 32.2. The lowest BCUT2D eigenvalue weighted by Gasteiger charge is -2.13. The lowest BCUT2D eigenvalue weighted by Crippen LogP contribution is -2.18. The number of halogens is 1. The second-order valence-corrected chi connectivity index (χ2v) is 7.46. The van der Waals surface area contributed by atoms with Gasteiger partial charge in [0.2, 0.25) is 11.1 Å². The maximum Gasteiger partial charge on any atom is 0.235 e. The number of amides is 1. The highest BCUT2D eigenvalue weighted by Gasteiger charge is 2.20. The van der Waals surface area contributed by atoms with Crippen LogP contribution in [0.2, 0.25) is 0 Å². The molecule has 1 amide bonds. The molecule has 0 atom stereocenters. The molecule has 29 heavy (non-hydrogen) atoms. The van der Waals surface area contributed by atoms with Crippen molar-refractivity contribution in [2.24, 2.45) is 0 Å². The molecule has 150 valence electrons. The minimum absolute atomic E-state index is 0.117. The number of carbonyl (C=O) groups is 1. The number of aryl methyl sites for hydroxylation is 1. The Bertz CT molecular complexity index is 1060. The van der Waals surface area contributed by atoms with Gasteiger partial charge in [-0.15, -0.1) is 5.10 Å². The first kappa shape index (κ1) is 20.6. The van der Waals surface area contributed by atoms with Crippen LogP contribution in [-0.4, -0.2) is 31.4 Å². The summed E-state index contributed by atoms with van der Waals surface area (Å²) in [7, 11) is 0. The fraction of sp³-hybridized carbons (Fsp3) is 0.300. The number of benzene rings is 1. The van der Waals surface area contributed by atoms with E-state index in [1.807, 2.05) is 25.3 Å². The van der Waals surface area contributed by atoms with E-state index >= 15 is 0 Å². The van der Waals surface area contributed by atoms with Crippen molar-refractivity contribution in [3.8, 4) is 6.07 Å². The molecule has 1 aromatic carbocycles. The van der Waals surface area contributed by atoms with Crippen LogP contribution in [0.4, 0.5) is 10.2 Å². The SMILES string of the molecule is CCc1nc(SCC(=O)Nc2c(C#N)c(C)c(C)n2Cc2ccc(F)cc2)n[nH]1. The van der Waals surface area contributed by atoms with E-state index in [0.29, 0.717) is 23.1 Å². The van der Waals surface area contributed by atoms with Crippen molar-refractivity contribution >= 4 is 23.5 Å². The molecule has 3 rings (SSSR count). The van der Waals surface area contributed by atoms with Crippen LogP contribution in [0, 0.1) is 31.0 Å². The number of H-pyrrole nitrogens is 1. The third-order valence-corrected chi connectivity index (χ3v) is 5.48. The summed E-state index contributed by atoms with van der Waals surface area (Å²) in [5.41, 5.74) is 2.97. The van der Waals surface area contributed by atoms with E-state index in [1.54, 1.807) is 12.1 Å². The minimum Gasteiger partial charge on any atom is -0.326 e. The predicted octanol–water partition coefficient (Wildman–Crippen LogP) is 3.58. The number of nitrogens with one attached hydrogen (secondary N) is 2. The first-order valence-corrected chi connectivity index (χ1v) is 10.1. The fourth-order valence-corrected chi connectivity index (χ4v) is 3.52. The minimum atomic E-state index is -0.310. The van der Waals surface area contributed by atoms with Crippen LogP contribution >= 0.6 is 11.8 Å². The number of carbonyl (C=O) groups excluding carboxylic acids is 1. The number of anilines is 1. The molecule has 0 fully saturated rings. The summed E-state index contributed by atoms with van der Waals surface area (Å²) in [6.07, 6.45) is 0.737. The largest absolute Gasteiger partial charge is 0.326 e. The van der Waals surface area contributed by atoms with E-state index in [4.69, 9.17) is 0 Å². The number of hydrogen-bond donors (Lipinski definition) is 2. The van der Waals surface area contributed by atoms with E-state index in [0.717, 1.165) is 29.1 Å². The van der Waals surface area contributed by atoms with Crippen LogP contribution in [0.15, 0.2) is 29.4 Å². The highest BCUT2D eigenvalue weighted by Crippen LogP contribution is 2.28. The second kappa shape index (κ2) is 8.92. The summed E-state index contributed by atoms with van der Waals surface area (Å²) < 4.78 is 15.1. The molecule has 0 radical (unpaired) electrons. The zero-order valence-corrected chi connectivity index (χ0v) is 17.2. The van der Waals surface area contributed by atoms with Crippen LogP contribution in [0.1, 0.15) is 35.1 Å². The molecule has 0 unspecified atom stereocenters. The van der Waals surface area contributed by atoms with Crippen molar-refractivity contribution in [1.82, 2.24) is 19.7 Å². The van der Waals surface area contributed by atoms with Crippen LogP contribution in [-0.2, 0) is 17.8 Å². The lowest BCUT2D eigenvalue weighted by atomic mass is 10.2. The average Bonchev–Trinajstić information content (AvgIpc) is 3.26. The second-order valence-electron chi connectivity index (χ2n) is 6.51. The van der Waals surface area contributed by atoms with Crippen molar-refractivity contribution in [3.05, 3.63) is 58.3 Å². The van der Waals surface area contributed by atoms with Crippen molar-refractivity contribution in [2.45, 2.75) is 38.9 Å². The summed E-state index contributed by atoms with van der Waals surface area (Å²) in [5.74, 6) is 0.759. The van der Waals surface area contributed by atoms with E-state index in [2.05, 4.69) is 26.6 Å². The molecule has 2 heterocycles. The summed E-state index contributed by atoms with van der Waals surface area (Å²) >= 11 is 1.22. The Morgan fingerprint density at radius 1 is 1.34 bits per heavy atom. The summed E-state index contributed by atoms with van der Waals surface area (Å²) in [4.78, 5) is 16.8. The van der Waals surface area contributed by atoms with Gasteiger partial charge in [0.15, 0.2) is 0 Å². The standard InChI is InChI=1S/C20H21FN6OS/c1-4-17-23-20(26-25-17)29-11-18(28)24-19-16(9-22)12(2)13(3)27(19)10-14-5-7-15(21)8-6-14/h5-8H,4,10-11H2,1-3H3,(H,24,28)(H,23,25,26). The summed E-state index contributed by atoms with van der Waals surface area (Å²) in [6.45, 7) is 6.12. The third kappa shape index (κ3) is 4.66. The Morgan fingerprint density at radius 3 is 2.69 bits per heavy atom. The zero-order valence-electron chi connectivity index (χ0n) is 16.4. The zero-order chi connectivity index (χ0) is 21.0. The van der Waals surface area contributed by atoms with Gasteiger partial charge < -0.3 is 9.88 Å². The molecule has 0 spiro atoms. The van der Waals surface area contributed by atoms with Gasteiger partial charge in [0.05, 0.1) is 11.3 Å². The number of nitrogens with zero attached hydrogens (tertiary/aromatic N) is 4. The molecule has 2 N–H and O–H groups in total. The molecule has 0 aliphatic carbocycles. The number of nitriles is 1. The maximum atomic E-state index is 13.2. The van der Waals surface area contributed by atoms with Crippen molar-refractivity contribution in [1.29, 1.82) is 5.26 Å². The van der Waals surface area contributed by atoms with E-state index < -0.39 is 0 Å². The first-order chi connectivity index (χ1) is 13.9. The van der Waals surface area contributed by atoms with Gasteiger partial charge in [-0.3, -0.25) is 9.89 Å². The number of thioether (sulfide) groups is 1. The molecule has 9 heteroatoms. The van der Waals surface area contributed by atoms with Crippen LogP contribution in [0.25, 0.3) is 0 Å². The smallest absolute Gasteiger partial charge is 0.235 e. The Balaban J connectivity index is 1.79. The van der Waals surface area contributed by atoms with Crippen LogP contribution in [0.3, 0.4) is 0 Å². The van der Waals surface area contributed by atoms with Gasteiger partial charge in [0, 0.05) is 18.7 Å². The third-order valence-electron chi connectivity index (χ3n) is 4.63. The first-order valence-electron chi connectivity index (χ1n) is 9.11. The van der Waals surface area contributed by atoms with Gasteiger partial charge in [-0.2, -0.15) is 5.26 Å². The van der Waals surface area contributed by atoms with Crippen LogP contribution < -0.4 is 5.32 Å². The van der Waals surface area contributed by atoms with Crippen molar-refractivity contribution in [3.63, 3.8) is 0 Å². The quantitative estimate of drug-likeness (QED) is 0.578. The number of hydrogen-bond acceptors (Lipinski definition) is 5. The highest BCUT2D eigenvalue weighted by molar-refractivity contribution is 7.99. The fourth-order valence-electron chi connectivity index (χ4n) is 2.90. The normalized spacial score (nSPS) is 10.7. The Morgan fingerprint density at radius 2 is 2.07 bits per heavy atom. The Hall–Kier alpha value is -3.12. The Labute approximate surface area is 172 Å². The van der Waals surface area contributed by atoms with E-state index in [9.17, 15) is 14.4 Å².